The van der Waals surface area contributed by atoms with Gasteiger partial charge in [-0.1, -0.05) is 31.1 Å². The lowest BCUT2D eigenvalue weighted by Gasteiger charge is -2.05. The summed E-state index contributed by atoms with van der Waals surface area (Å²) < 4.78 is 16.2. The summed E-state index contributed by atoms with van der Waals surface area (Å²) in [5.74, 6) is 1.33. The molecule has 8 heteroatoms. The molecule has 0 aliphatic carbocycles. The second kappa shape index (κ2) is 8.40. The van der Waals surface area contributed by atoms with Crippen LogP contribution in [-0.4, -0.2) is 28.1 Å². The monoisotopic (exact) mass is 409 g/mol. The first-order valence-corrected chi connectivity index (χ1v) is 9.94. The topological polar surface area (TPSA) is 86.5 Å². The SMILES string of the molecule is CC(C)Sc1cccc(-c2nnc(NC(=O)C=Cc3ccc4c(c3)OCO4)o2)c1. The molecule has 0 bridgehead atoms. The van der Waals surface area contributed by atoms with Crippen molar-refractivity contribution in [1.29, 1.82) is 0 Å². The summed E-state index contributed by atoms with van der Waals surface area (Å²) in [7, 11) is 0. The van der Waals surface area contributed by atoms with Crippen LogP contribution in [0.4, 0.5) is 6.01 Å². The minimum Gasteiger partial charge on any atom is -0.454 e. The number of fused-ring (bicyclic) bond motifs is 1. The molecule has 1 aliphatic rings. The molecule has 0 fully saturated rings. The van der Waals surface area contributed by atoms with E-state index in [2.05, 4.69) is 29.4 Å². The molecular weight excluding hydrogens is 390 g/mol. The van der Waals surface area contributed by atoms with Crippen LogP contribution in [-0.2, 0) is 4.79 Å². The van der Waals surface area contributed by atoms with Gasteiger partial charge in [-0.2, -0.15) is 0 Å². The fourth-order valence-electron chi connectivity index (χ4n) is 2.70. The molecule has 0 spiro atoms. The lowest BCUT2D eigenvalue weighted by molar-refractivity contribution is -0.112. The van der Waals surface area contributed by atoms with Crippen LogP contribution >= 0.6 is 11.8 Å². The minimum absolute atomic E-state index is 0.0438. The highest BCUT2D eigenvalue weighted by Gasteiger charge is 2.13. The van der Waals surface area contributed by atoms with E-state index in [-0.39, 0.29) is 18.7 Å². The number of thioether (sulfide) groups is 1. The molecule has 1 aromatic heterocycles. The third-order valence-electron chi connectivity index (χ3n) is 3.93. The highest BCUT2D eigenvalue weighted by molar-refractivity contribution is 7.99. The largest absolute Gasteiger partial charge is 0.454 e. The number of carbonyl (C=O) groups excluding carboxylic acids is 1. The number of rotatable bonds is 6. The molecular formula is C21H19N3O4S. The molecule has 3 aromatic rings. The van der Waals surface area contributed by atoms with E-state index in [1.165, 1.54) is 6.08 Å². The van der Waals surface area contributed by atoms with Crippen LogP contribution in [0.5, 0.6) is 11.5 Å². The third-order valence-corrected chi connectivity index (χ3v) is 4.93. The average molecular weight is 409 g/mol. The van der Waals surface area contributed by atoms with Gasteiger partial charge in [-0.25, -0.2) is 0 Å². The quantitative estimate of drug-likeness (QED) is 0.470. The molecule has 1 N–H and O–H groups in total. The van der Waals surface area contributed by atoms with Crippen LogP contribution in [0.25, 0.3) is 17.5 Å². The zero-order valence-electron chi connectivity index (χ0n) is 15.9. The minimum atomic E-state index is -0.373. The molecule has 7 nitrogen and oxygen atoms in total. The predicted molar refractivity (Wildman–Crippen MR) is 111 cm³/mol. The summed E-state index contributed by atoms with van der Waals surface area (Å²) in [6, 6.07) is 13.3. The van der Waals surface area contributed by atoms with Crippen LogP contribution in [0.3, 0.4) is 0 Å². The van der Waals surface area contributed by atoms with Gasteiger partial charge in [0.15, 0.2) is 11.5 Å². The van der Waals surface area contributed by atoms with E-state index < -0.39 is 0 Å². The summed E-state index contributed by atoms with van der Waals surface area (Å²) in [5, 5.41) is 11.0. The Hall–Kier alpha value is -3.26. The zero-order valence-corrected chi connectivity index (χ0v) is 16.7. The van der Waals surface area contributed by atoms with Crippen molar-refractivity contribution in [2.24, 2.45) is 0 Å². The van der Waals surface area contributed by atoms with Crippen molar-refractivity contribution in [2.45, 2.75) is 24.0 Å². The smallest absolute Gasteiger partial charge is 0.322 e. The van der Waals surface area contributed by atoms with Gasteiger partial charge in [0, 0.05) is 21.8 Å². The lowest BCUT2D eigenvalue weighted by atomic mass is 10.2. The van der Waals surface area contributed by atoms with Crippen molar-refractivity contribution < 1.29 is 18.7 Å². The number of benzene rings is 2. The molecule has 2 heterocycles. The van der Waals surface area contributed by atoms with Crippen molar-refractivity contribution >= 4 is 29.8 Å². The average Bonchev–Trinajstić information content (AvgIpc) is 3.35. The molecule has 2 aromatic carbocycles. The van der Waals surface area contributed by atoms with Gasteiger partial charge in [0.2, 0.25) is 12.7 Å². The van der Waals surface area contributed by atoms with Gasteiger partial charge in [0.05, 0.1) is 0 Å². The van der Waals surface area contributed by atoms with E-state index in [1.54, 1.807) is 30.0 Å². The number of aromatic nitrogens is 2. The number of nitrogens with zero attached hydrogens (tertiary/aromatic N) is 2. The number of nitrogens with one attached hydrogen (secondary N) is 1. The van der Waals surface area contributed by atoms with E-state index >= 15 is 0 Å². The van der Waals surface area contributed by atoms with Gasteiger partial charge in [-0.05, 0) is 42.0 Å². The first kappa shape index (κ1) is 19.1. The maximum atomic E-state index is 12.2. The third kappa shape index (κ3) is 4.78. The molecule has 29 heavy (non-hydrogen) atoms. The second-order valence-electron chi connectivity index (χ2n) is 6.54. The molecule has 1 aliphatic heterocycles. The zero-order chi connectivity index (χ0) is 20.2. The number of anilines is 1. The summed E-state index contributed by atoms with van der Waals surface area (Å²) >= 11 is 1.75. The van der Waals surface area contributed by atoms with Crippen molar-refractivity contribution in [3.63, 3.8) is 0 Å². The highest BCUT2D eigenvalue weighted by Crippen LogP contribution is 2.33. The van der Waals surface area contributed by atoms with Crippen LogP contribution in [0.15, 0.2) is 57.9 Å². The van der Waals surface area contributed by atoms with Crippen LogP contribution in [0.2, 0.25) is 0 Å². The highest BCUT2D eigenvalue weighted by atomic mass is 32.2. The van der Waals surface area contributed by atoms with Gasteiger partial charge >= 0.3 is 6.01 Å². The van der Waals surface area contributed by atoms with Crippen molar-refractivity contribution in [3.05, 3.63) is 54.1 Å². The predicted octanol–water partition coefficient (Wildman–Crippen LogP) is 4.62. The maximum Gasteiger partial charge on any atom is 0.322 e. The number of carbonyl (C=O) groups is 1. The molecule has 0 radical (unpaired) electrons. The van der Waals surface area contributed by atoms with E-state index in [0.29, 0.717) is 22.6 Å². The fourth-order valence-corrected chi connectivity index (χ4v) is 3.60. The summed E-state index contributed by atoms with van der Waals surface area (Å²) in [6.07, 6.45) is 3.06. The van der Waals surface area contributed by atoms with Crippen LogP contribution in [0.1, 0.15) is 19.4 Å². The molecule has 1 amide bonds. The molecule has 0 saturated heterocycles. The van der Waals surface area contributed by atoms with E-state index in [4.69, 9.17) is 13.9 Å². The Morgan fingerprint density at radius 3 is 2.86 bits per heavy atom. The normalized spacial score (nSPS) is 12.7. The lowest BCUT2D eigenvalue weighted by Crippen LogP contribution is -2.07. The Balaban J connectivity index is 1.40. The standard InChI is InChI=1S/C21H19N3O4S/c1-13(2)29-16-5-3-4-15(11-16)20-23-24-21(28-20)22-19(25)9-7-14-6-8-17-18(10-14)27-12-26-17/h3-11,13H,12H2,1-2H3,(H,22,24,25). The summed E-state index contributed by atoms with van der Waals surface area (Å²) in [6.45, 7) is 4.48. The molecule has 148 valence electrons. The molecule has 4 rings (SSSR count). The Kier molecular flexibility index (Phi) is 5.53. The van der Waals surface area contributed by atoms with Crippen LogP contribution < -0.4 is 14.8 Å². The number of ether oxygens (including phenoxy) is 2. The van der Waals surface area contributed by atoms with E-state index in [1.807, 2.05) is 30.3 Å². The molecule has 0 atom stereocenters. The fraction of sp³-hybridized carbons (Fsp3) is 0.190. The van der Waals surface area contributed by atoms with Crippen molar-refractivity contribution in [1.82, 2.24) is 10.2 Å². The Morgan fingerprint density at radius 1 is 1.14 bits per heavy atom. The van der Waals surface area contributed by atoms with Crippen molar-refractivity contribution in [2.75, 3.05) is 12.1 Å². The Labute approximate surface area is 172 Å². The summed E-state index contributed by atoms with van der Waals surface area (Å²) in [5.41, 5.74) is 1.62. The molecule has 0 saturated carbocycles. The van der Waals surface area contributed by atoms with Gasteiger partial charge in [0.1, 0.15) is 0 Å². The van der Waals surface area contributed by atoms with Crippen LogP contribution in [0, 0.1) is 0 Å². The van der Waals surface area contributed by atoms with E-state index in [0.717, 1.165) is 16.0 Å². The van der Waals surface area contributed by atoms with Gasteiger partial charge < -0.3 is 13.9 Å². The Bertz CT molecular complexity index is 1060. The first-order chi connectivity index (χ1) is 14.1. The van der Waals surface area contributed by atoms with Crippen molar-refractivity contribution in [3.8, 4) is 23.0 Å². The first-order valence-electron chi connectivity index (χ1n) is 9.06. The maximum absolute atomic E-state index is 12.2. The van der Waals surface area contributed by atoms with Gasteiger partial charge in [0.25, 0.3) is 5.91 Å². The number of amides is 1. The van der Waals surface area contributed by atoms with E-state index in [9.17, 15) is 4.79 Å². The molecule has 0 unspecified atom stereocenters. The van der Waals surface area contributed by atoms with Gasteiger partial charge in [-0.15, -0.1) is 16.9 Å². The van der Waals surface area contributed by atoms with Gasteiger partial charge in [-0.3, -0.25) is 10.1 Å². The summed E-state index contributed by atoms with van der Waals surface area (Å²) in [4.78, 5) is 13.3. The Morgan fingerprint density at radius 2 is 2.00 bits per heavy atom. The number of hydrogen-bond donors (Lipinski definition) is 1. The second-order valence-corrected chi connectivity index (χ2v) is 8.19. The number of hydrogen-bond acceptors (Lipinski definition) is 7.